The second-order valence-electron chi connectivity index (χ2n) is 11.1. The summed E-state index contributed by atoms with van der Waals surface area (Å²) in [6, 6.07) is 19.2. The van der Waals surface area contributed by atoms with Crippen molar-refractivity contribution in [1.82, 2.24) is 15.1 Å². The molecule has 2 aromatic rings. The lowest BCUT2D eigenvalue weighted by atomic mass is 9.78. The number of anilines is 1. The number of ether oxygens (including phenoxy) is 2. The summed E-state index contributed by atoms with van der Waals surface area (Å²) in [6.07, 6.45) is 4.91. The van der Waals surface area contributed by atoms with E-state index < -0.39 is 23.7 Å². The van der Waals surface area contributed by atoms with Crippen molar-refractivity contribution in [2.75, 3.05) is 46.2 Å². The van der Waals surface area contributed by atoms with Gasteiger partial charge in [0.05, 0.1) is 30.8 Å². The molecule has 0 spiro atoms. The molecule has 1 saturated heterocycles. The predicted octanol–water partition coefficient (Wildman–Crippen LogP) is 2.56. The second kappa shape index (κ2) is 12.3. The summed E-state index contributed by atoms with van der Waals surface area (Å²) >= 11 is 0. The number of benzene rings is 2. The zero-order chi connectivity index (χ0) is 29.0. The Kier molecular flexibility index (Phi) is 8.56. The van der Waals surface area contributed by atoms with Crippen molar-refractivity contribution < 1.29 is 23.9 Å². The molecule has 9 nitrogen and oxygen atoms in total. The molecule has 3 atom stereocenters. The van der Waals surface area contributed by atoms with Crippen molar-refractivity contribution in [2.45, 2.75) is 43.1 Å². The summed E-state index contributed by atoms with van der Waals surface area (Å²) in [4.78, 5) is 43.3. The number of likely N-dealkylation sites (tertiary alicyclic amines) is 1. The SMILES string of the molecule is COC(=O)C1=C(C(=O)NC2CCN(C(=O)CN(C)C)CC2)C2C=CC1(C(Cc1ccccc1)Nc1ccccc1)O2. The Morgan fingerprint density at radius 1 is 1.05 bits per heavy atom. The largest absolute Gasteiger partial charge is 0.466 e. The molecule has 2 aromatic carbocycles. The Bertz CT molecular complexity index is 1280. The number of fused-ring (bicyclic) bond motifs is 2. The zero-order valence-corrected chi connectivity index (χ0v) is 23.8. The number of nitrogens with zero attached hydrogens (tertiary/aromatic N) is 2. The summed E-state index contributed by atoms with van der Waals surface area (Å²) < 4.78 is 11.8. The number of likely N-dealkylation sites (N-methyl/N-ethyl adjacent to an activating group) is 1. The summed E-state index contributed by atoms with van der Waals surface area (Å²) in [5.41, 5.74) is 1.26. The lowest BCUT2D eigenvalue weighted by molar-refractivity contribution is -0.138. The lowest BCUT2D eigenvalue weighted by Gasteiger charge is -2.36. The van der Waals surface area contributed by atoms with Gasteiger partial charge in [-0.25, -0.2) is 4.79 Å². The van der Waals surface area contributed by atoms with Gasteiger partial charge in [0.1, 0.15) is 11.7 Å². The van der Waals surface area contributed by atoms with E-state index >= 15 is 0 Å². The first kappa shape index (κ1) is 28.6. The van der Waals surface area contributed by atoms with Crippen molar-refractivity contribution in [2.24, 2.45) is 0 Å². The Balaban J connectivity index is 1.41. The Labute approximate surface area is 241 Å². The maximum absolute atomic E-state index is 13.8. The highest BCUT2D eigenvalue weighted by Crippen LogP contribution is 2.47. The van der Waals surface area contributed by atoms with Gasteiger partial charge in [0.2, 0.25) is 5.91 Å². The van der Waals surface area contributed by atoms with Crippen LogP contribution in [0.25, 0.3) is 0 Å². The van der Waals surface area contributed by atoms with E-state index in [2.05, 4.69) is 10.6 Å². The highest BCUT2D eigenvalue weighted by molar-refractivity contribution is 6.07. The Hall–Kier alpha value is -3.95. The fraction of sp³-hybridized carbons (Fsp3) is 0.406. The van der Waals surface area contributed by atoms with Crippen LogP contribution in [-0.4, -0.2) is 92.2 Å². The average molecular weight is 559 g/mol. The summed E-state index contributed by atoms with van der Waals surface area (Å²) in [7, 11) is 5.07. The van der Waals surface area contributed by atoms with Crippen LogP contribution in [0.4, 0.5) is 5.69 Å². The predicted molar refractivity (Wildman–Crippen MR) is 156 cm³/mol. The van der Waals surface area contributed by atoms with Crippen molar-refractivity contribution in [3.8, 4) is 0 Å². The standard InChI is InChI=1S/C32H38N4O5/c1-35(2)21-27(37)36-18-15-24(16-19-36)34-30(38)28-25-14-17-32(41-25,29(28)31(39)40-3)26(20-22-10-6-4-7-11-22)33-23-12-8-5-9-13-23/h4-14,17,24-26,33H,15-16,18-21H2,1-3H3,(H,34,38). The van der Waals surface area contributed by atoms with Crippen LogP contribution in [0.5, 0.6) is 0 Å². The quantitative estimate of drug-likeness (QED) is 0.342. The van der Waals surface area contributed by atoms with Gasteiger partial charge in [0.15, 0.2) is 0 Å². The molecular weight excluding hydrogens is 520 g/mol. The van der Waals surface area contributed by atoms with E-state index in [0.29, 0.717) is 44.5 Å². The van der Waals surface area contributed by atoms with Gasteiger partial charge in [0, 0.05) is 24.8 Å². The number of nitrogens with one attached hydrogen (secondary N) is 2. The van der Waals surface area contributed by atoms with E-state index in [0.717, 1.165) is 11.3 Å². The average Bonchev–Trinajstić information content (AvgIpc) is 3.56. The number of methoxy groups -OCH3 is 1. The van der Waals surface area contributed by atoms with E-state index in [4.69, 9.17) is 9.47 Å². The molecule has 0 saturated carbocycles. The van der Waals surface area contributed by atoms with Gasteiger partial charge >= 0.3 is 5.97 Å². The maximum Gasteiger partial charge on any atom is 0.337 e. The van der Waals surface area contributed by atoms with Crippen molar-refractivity contribution in [3.05, 3.63) is 89.5 Å². The normalized spacial score (nSPS) is 22.6. The van der Waals surface area contributed by atoms with Gasteiger partial charge in [0.25, 0.3) is 5.91 Å². The van der Waals surface area contributed by atoms with Crippen LogP contribution in [-0.2, 0) is 30.3 Å². The molecule has 5 rings (SSSR count). The highest BCUT2D eigenvalue weighted by Gasteiger charge is 2.58. The topological polar surface area (TPSA) is 100 Å². The molecule has 9 heteroatoms. The molecule has 2 N–H and O–H groups in total. The van der Waals surface area contributed by atoms with Gasteiger partial charge < -0.3 is 29.9 Å². The molecule has 3 heterocycles. The van der Waals surface area contributed by atoms with Crippen molar-refractivity contribution in [3.63, 3.8) is 0 Å². The van der Waals surface area contributed by atoms with E-state index in [1.54, 1.807) is 0 Å². The first-order valence-corrected chi connectivity index (χ1v) is 14.1. The third kappa shape index (κ3) is 6.06. The molecule has 3 aliphatic heterocycles. The minimum absolute atomic E-state index is 0.0828. The lowest BCUT2D eigenvalue weighted by Crippen LogP contribution is -2.50. The van der Waals surface area contributed by atoms with Crippen LogP contribution in [0, 0.1) is 0 Å². The van der Waals surface area contributed by atoms with Gasteiger partial charge in [-0.05, 0) is 57.1 Å². The molecule has 2 bridgehead atoms. The molecule has 2 amide bonds. The molecule has 1 fully saturated rings. The van der Waals surface area contributed by atoms with Crippen molar-refractivity contribution >= 4 is 23.5 Å². The van der Waals surface area contributed by atoms with Crippen LogP contribution in [0.2, 0.25) is 0 Å². The molecular formula is C32H38N4O5. The minimum Gasteiger partial charge on any atom is -0.466 e. The molecule has 3 unspecified atom stereocenters. The first-order valence-electron chi connectivity index (χ1n) is 14.1. The monoisotopic (exact) mass is 558 g/mol. The molecule has 216 valence electrons. The van der Waals surface area contributed by atoms with Gasteiger partial charge in [-0.3, -0.25) is 9.59 Å². The number of carbonyl (C=O) groups is 3. The van der Waals surface area contributed by atoms with Gasteiger partial charge in [-0.15, -0.1) is 0 Å². The van der Waals surface area contributed by atoms with Crippen LogP contribution in [0.1, 0.15) is 18.4 Å². The number of piperidine rings is 1. The second-order valence-corrected chi connectivity index (χ2v) is 11.1. The fourth-order valence-electron chi connectivity index (χ4n) is 5.96. The van der Waals surface area contributed by atoms with Gasteiger partial charge in [-0.1, -0.05) is 54.6 Å². The van der Waals surface area contributed by atoms with E-state index in [-0.39, 0.29) is 23.4 Å². The number of rotatable bonds is 10. The third-order valence-corrected chi connectivity index (χ3v) is 7.97. The number of hydrogen-bond acceptors (Lipinski definition) is 7. The van der Waals surface area contributed by atoms with E-state index in [1.165, 1.54) is 7.11 Å². The summed E-state index contributed by atoms with van der Waals surface area (Å²) in [5, 5.41) is 6.70. The highest BCUT2D eigenvalue weighted by atomic mass is 16.5. The number of amides is 2. The fourth-order valence-corrected chi connectivity index (χ4v) is 5.96. The summed E-state index contributed by atoms with van der Waals surface area (Å²) in [5.74, 6) is -0.837. The van der Waals surface area contributed by atoms with Crippen LogP contribution in [0.3, 0.4) is 0 Å². The smallest absolute Gasteiger partial charge is 0.337 e. The maximum atomic E-state index is 13.8. The molecule has 3 aliphatic rings. The van der Waals surface area contributed by atoms with E-state index in [9.17, 15) is 14.4 Å². The van der Waals surface area contributed by atoms with E-state index in [1.807, 2.05) is 96.7 Å². The molecule has 41 heavy (non-hydrogen) atoms. The molecule has 0 aromatic heterocycles. The summed E-state index contributed by atoms with van der Waals surface area (Å²) in [6.45, 7) is 1.51. The Morgan fingerprint density at radius 2 is 1.71 bits per heavy atom. The third-order valence-electron chi connectivity index (χ3n) is 7.97. The number of para-hydroxylation sites is 1. The first-order chi connectivity index (χ1) is 19.8. The molecule has 0 aliphatic carbocycles. The molecule has 0 radical (unpaired) electrons. The number of esters is 1. The van der Waals surface area contributed by atoms with Crippen molar-refractivity contribution in [1.29, 1.82) is 0 Å². The minimum atomic E-state index is -1.20. The van der Waals surface area contributed by atoms with Crippen LogP contribution < -0.4 is 10.6 Å². The van der Waals surface area contributed by atoms with Gasteiger partial charge in [-0.2, -0.15) is 0 Å². The number of carbonyl (C=O) groups excluding carboxylic acids is 3. The van der Waals surface area contributed by atoms with Crippen LogP contribution >= 0.6 is 0 Å². The Morgan fingerprint density at radius 3 is 2.34 bits per heavy atom. The zero-order valence-electron chi connectivity index (χ0n) is 23.8. The van der Waals surface area contributed by atoms with Crippen LogP contribution in [0.15, 0.2) is 84.0 Å². The number of hydrogen-bond donors (Lipinski definition) is 2.